The summed E-state index contributed by atoms with van der Waals surface area (Å²) >= 11 is 0. The van der Waals surface area contributed by atoms with Gasteiger partial charge in [-0.3, -0.25) is 9.83 Å². The number of unbranched alkanes of at least 4 members (excludes halogenated alkanes) is 1. The van der Waals surface area contributed by atoms with Crippen molar-refractivity contribution in [1.82, 2.24) is 10.4 Å². The molecule has 2 amide bonds. The minimum absolute atomic E-state index is 0.131. The number of benzene rings is 2. The van der Waals surface area contributed by atoms with Crippen molar-refractivity contribution in [2.75, 3.05) is 25.5 Å². The molecule has 1 aliphatic rings. The van der Waals surface area contributed by atoms with E-state index in [-0.39, 0.29) is 6.42 Å². The van der Waals surface area contributed by atoms with Crippen LogP contribution in [0.4, 0.5) is 10.5 Å². The van der Waals surface area contributed by atoms with Crippen molar-refractivity contribution < 1.29 is 19.5 Å². The van der Waals surface area contributed by atoms with Crippen LogP contribution in [-0.4, -0.2) is 54.2 Å². The first-order valence-electron chi connectivity index (χ1n) is 12.4. The van der Waals surface area contributed by atoms with Crippen molar-refractivity contribution in [3.05, 3.63) is 54.1 Å². The van der Waals surface area contributed by atoms with Gasteiger partial charge in [-0.15, -0.1) is 0 Å². The monoisotopic (exact) mass is 480 g/mol. The fourth-order valence-electron chi connectivity index (χ4n) is 4.05. The van der Waals surface area contributed by atoms with Crippen LogP contribution >= 0.6 is 0 Å². The second-order valence-electron chi connectivity index (χ2n) is 8.69. The maximum atomic E-state index is 12.4. The topological polar surface area (TPSA) is 103 Å². The van der Waals surface area contributed by atoms with Gasteiger partial charge in [-0.25, -0.2) is 9.59 Å². The number of amidine groups is 1. The molecule has 1 aliphatic heterocycles. The Morgan fingerprint density at radius 1 is 1.11 bits per heavy atom. The molecule has 2 aromatic carbocycles. The highest BCUT2D eigenvalue weighted by atomic mass is 16.7. The molecule has 0 unspecified atom stereocenters. The van der Waals surface area contributed by atoms with E-state index in [2.05, 4.69) is 21.7 Å². The van der Waals surface area contributed by atoms with Gasteiger partial charge in [0, 0.05) is 31.6 Å². The van der Waals surface area contributed by atoms with Crippen LogP contribution in [-0.2, 0) is 16.1 Å². The highest BCUT2D eigenvalue weighted by Gasteiger charge is 2.30. The number of rotatable bonds is 10. The minimum Gasteiger partial charge on any atom is -0.480 e. The van der Waals surface area contributed by atoms with E-state index in [0.29, 0.717) is 6.54 Å². The zero-order chi connectivity index (χ0) is 25.0. The largest absolute Gasteiger partial charge is 0.480 e. The van der Waals surface area contributed by atoms with E-state index in [1.165, 1.54) is 13.5 Å². The number of nitrogens with zero attached hydrogens (tertiary/aromatic N) is 2. The van der Waals surface area contributed by atoms with Crippen molar-refractivity contribution in [3.63, 3.8) is 0 Å². The maximum absolute atomic E-state index is 12.4. The number of carboxylic acids is 1. The van der Waals surface area contributed by atoms with Gasteiger partial charge in [0.25, 0.3) is 0 Å². The predicted octanol–water partition coefficient (Wildman–Crippen LogP) is 5.11. The summed E-state index contributed by atoms with van der Waals surface area (Å²) in [6.45, 7) is 3.36. The third-order valence-corrected chi connectivity index (χ3v) is 6.01. The Hall–Kier alpha value is -3.39. The van der Waals surface area contributed by atoms with Crippen molar-refractivity contribution in [1.29, 1.82) is 0 Å². The number of carboxylic acid groups (broad SMARTS) is 1. The normalized spacial score (nSPS) is 14.4. The van der Waals surface area contributed by atoms with Crippen molar-refractivity contribution in [2.24, 2.45) is 4.99 Å². The van der Waals surface area contributed by atoms with E-state index < -0.39 is 18.0 Å². The summed E-state index contributed by atoms with van der Waals surface area (Å²) in [6.07, 6.45) is 6.36. The number of aliphatic carboxylic acids is 1. The number of amides is 2. The number of hydrogen-bond acceptors (Lipinski definition) is 5. The molecule has 0 aliphatic carbocycles. The summed E-state index contributed by atoms with van der Waals surface area (Å²) in [5, 5.41) is 16.8. The number of anilines is 1. The molecule has 0 saturated carbocycles. The molecule has 3 rings (SSSR count). The Balaban J connectivity index is 1.68. The number of hydrogen-bond donors (Lipinski definition) is 3. The van der Waals surface area contributed by atoms with Gasteiger partial charge in [-0.1, -0.05) is 56.2 Å². The maximum Gasteiger partial charge on any atom is 0.342 e. The number of urea groups is 1. The summed E-state index contributed by atoms with van der Waals surface area (Å²) < 4.78 is 0. The molecule has 0 bridgehead atoms. The third kappa shape index (κ3) is 7.82. The van der Waals surface area contributed by atoms with Crippen LogP contribution in [0.3, 0.4) is 0 Å². The molecular weight excluding hydrogens is 444 g/mol. The van der Waals surface area contributed by atoms with E-state index in [1.807, 2.05) is 49.4 Å². The summed E-state index contributed by atoms with van der Waals surface area (Å²) in [6, 6.07) is 14.2. The summed E-state index contributed by atoms with van der Waals surface area (Å²) in [7, 11) is 1.31. The van der Waals surface area contributed by atoms with Gasteiger partial charge in [0.15, 0.2) is 6.04 Å². The van der Waals surface area contributed by atoms with Crippen LogP contribution < -0.4 is 10.6 Å². The van der Waals surface area contributed by atoms with Crippen molar-refractivity contribution >= 4 is 23.5 Å². The molecule has 1 heterocycles. The highest BCUT2D eigenvalue weighted by Crippen LogP contribution is 2.24. The van der Waals surface area contributed by atoms with Crippen LogP contribution in [0.25, 0.3) is 11.1 Å². The lowest BCUT2D eigenvalue weighted by Gasteiger charge is -2.26. The van der Waals surface area contributed by atoms with Crippen LogP contribution in [0.15, 0.2) is 53.5 Å². The third-order valence-electron chi connectivity index (χ3n) is 6.01. The van der Waals surface area contributed by atoms with Crippen molar-refractivity contribution in [3.8, 4) is 11.1 Å². The van der Waals surface area contributed by atoms with Crippen LogP contribution in [0.1, 0.15) is 51.0 Å². The smallest absolute Gasteiger partial charge is 0.342 e. The molecule has 1 atom stereocenters. The molecule has 0 spiro atoms. The van der Waals surface area contributed by atoms with Crippen LogP contribution in [0, 0.1) is 0 Å². The van der Waals surface area contributed by atoms with Crippen LogP contribution in [0.2, 0.25) is 0 Å². The Bertz CT molecular complexity index is 1010. The quantitative estimate of drug-likeness (QED) is 0.324. The average Bonchev–Trinajstić information content (AvgIpc) is 3.13. The molecule has 0 saturated heterocycles. The summed E-state index contributed by atoms with van der Waals surface area (Å²) in [5.41, 5.74) is 3.88. The standard InChI is InChI=1S/C27H36N4O4/c1-3-4-16-29-27(34)31(35-2)24(26(32)33)18-20-12-14-21(15-13-20)22-9-8-10-23(19-22)30-25-11-6-5-7-17-28-25/h8-10,12-15,19,24H,3-7,11,16-18H2,1-2H3,(H,28,30)(H,29,34)(H,32,33)/t24-/m0/s1. The van der Waals surface area contributed by atoms with Crippen LogP contribution in [0.5, 0.6) is 0 Å². The molecule has 8 nitrogen and oxygen atoms in total. The average molecular weight is 481 g/mol. The van der Waals surface area contributed by atoms with Gasteiger partial charge >= 0.3 is 12.0 Å². The molecule has 0 aromatic heterocycles. The Morgan fingerprint density at radius 3 is 2.63 bits per heavy atom. The summed E-state index contributed by atoms with van der Waals surface area (Å²) in [4.78, 5) is 34.1. The number of hydroxylamine groups is 2. The molecule has 2 aromatic rings. The Morgan fingerprint density at radius 2 is 1.91 bits per heavy atom. The van der Waals surface area contributed by atoms with Gasteiger partial charge in [-0.05, 0) is 48.1 Å². The molecule has 188 valence electrons. The van der Waals surface area contributed by atoms with E-state index in [9.17, 15) is 14.7 Å². The van der Waals surface area contributed by atoms with E-state index in [1.54, 1.807) is 0 Å². The molecule has 8 heteroatoms. The first-order valence-corrected chi connectivity index (χ1v) is 12.4. The number of carbonyl (C=O) groups is 2. The fourth-order valence-corrected chi connectivity index (χ4v) is 4.05. The van der Waals surface area contributed by atoms with Gasteiger partial charge in [-0.2, -0.15) is 5.06 Å². The molecular formula is C27H36N4O4. The summed E-state index contributed by atoms with van der Waals surface area (Å²) in [5.74, 6) is -0.0853. The lowest BCUT2D eigenvalue weighted by Crippen LogP contribution is -2.50. The van der Waals surface area contributed by atoms with Gasteiger partial charge in [0.05, 0.1) is 7.11 Å². The van der Waals surface area contributed by atoms with Gasteiger partial charge < -0.3 is 15.7 Å². The van der Waals surface area contributed by atoms with E-state index in [4.69, 9.17) is 4.84 Å². The number of nitrogens with one attached hydrogen (secondary N) is 2. The SMILES string of the molecule is CCCCNC(=O)N(OC)[C@@H](Cc1ccc(-c2cccc(NC3=NCCCCC3)c2)cc1)C(=O)O. The zero-order valence-corrected chi connectivity index (χ0v) is 20.6. The molecule has 0 fully saturated rings. The second kappa shape index (κ2) is 13.5. The lowest BCUT2D eigenvalue weighted by molar-refractivity contribution is -0.164. The van der Waals surface area contributed by atoms with E-state index in [0.717, 1.165) is 71.9 Å². The molecule has 3 N–H and O–H groups in total. The fraction of sp³-hybridized carbons (Fsp3) is 0.444. The first kappa shape index (κ1) is 26.2. The molecule has 0 radical (unpaired) electrons. The second-order valence-corrected chi connectivity index (χ2v) is 8.69. The Labute approximate surface area is 207 Å². The number of carbonyl (C=O) groups excluding carboxylic acids is 1. The van der Waals surface area contributed by atoms with E-state index >= 15 is 0 Å². The molecule has 35 heavy (non-hydrogen) atoms. The number of aliphatic imine (C=N–C) groups is 1. The lowest BCUT2D eigenvalue weighted by atomic mass is 10.00. The first-order chi connectivity index (χ1) is 17.0. The van der Waals surface area contributed by atoms with Crippen molar-refractivity contribution in [2.45, 2.75) is 57.9 Å². The Kier molecular flexibility index (Phi) is 10.1. The highest BCUT2D eigenvalue weighted by molar-refractivity contribution is 5.96. The zero-order valence-electron chi connectivity index (χ0n) is 20.6. The van der Waals surface area contributed by atoms with Gasteiger partial charge in [0.2, 0.25) is 0 Å². The minimum atomic E-state index is -1.14. The van der Waals surface area contributed by atoms with Gasteiger partial charge in [0.1, 0.15) is 5.84 Å². The predicted molar refractivity (Wildman–Crippen MR) is 139 cm³/mol.